The molecule has 0 unspecified atom stereocenters. The Labute approximate surface area is 121 Å². The number of nitrogens with zero attached hydrogens (tertiary/aromatic N) is 2. The first-order valence-corrected chi connectivity index (χ1v) is 8.25. The molecule has 0 saturated carbocycles. The fourth-order valence-electron chi connectivity index (χ4n) is 4.32. The summed E-state index contributed by atoms with van der Waals surface area (Å²) in [6, 6.07) is 7.73. The van der Waals surface area contributed by atoms with Gasteiger partial charge >= 0.3 is 0 Å². The van der Waals surface area contributed by atoms with Crippen LogP contribution in [0.1, 0.15) is 37.7 Å². The molecule has 2 atom stereocenters. The van der Waals surface area contributed by atoms with Gasteiger partial charge in [0.2, 0.25) is 0 Å². The molecule has 0 amide bonds. The Hall–Kier alpha value is -1.22. The maximum atomic E-state index is 3.59. The van der Waals surface area contributed by atoms with Gasteiger partial charge in [0.05, 0.1) is 11.4 Å². The van der Waals surface area contributed by atoms with Crippen LogP contribution in [0.5, 0.6) is 0 Å². The van der Waals surface area contributed by atoms with Gasteiger partial charge in [0, 0.05) is 38.1 Å². The summed E-state index contributed by atoms with van der Waals surface area (Å²) < 4.78 is 0. The van der Waals surface area contributed by atoms with Crippen molar-refractivity contribution in [3.63, 3.8) is 0 Å². The molecule has 1 saturated heterocycles. The van der Waals surface area contributed by atoms with Crippen LogP contribution in [0.25, 0.3) is 0 Å². The van der Waals surface area contributed by atoms with E-state index < -0.39 is 0 Å². The molecule has 1 aromatic rings. The molecule has 3 nitrogen and oxygen atoms in total. The molecule has 0 aliphatic carbocycles. The van der Waals surface area contributed by atoms with Crippen LogP contribution < -0.4 is 15.1 Å². The maximum Gasteiger partial charge on any atom is 0.0644 e. The highest BCUT2D eigenvalue weighted by atomic mass is 15.3. The number of para-hydroxylation sites is 1. The largest absolute Gasteiger partial charge is 0.368 e. The molecule has 3 heteroatoms. The van der Waals surface area contributed by atoms with Crippen molar-refractivity contribution in [2.45, 2.75) is 38.1 Å². The van der Waals surface area contributed by atoms with E-state index in [-0.39, 0.29) is 0 Å². The minimum absolute atomic E-state index is 0.713. The third kappa shape index (κ3) is 1.76. The van der Waals surface area contributed by atoms with E-state index in [1.807, 2.05) is 0 Å². The van der Waals surface area contributed by atoms with E-state index in [1.54, 1.807) is 11.3 Å². The Kier molecular flexibility index (Phi) is 3.10. The summed E-state index contributed by atoms with van der Waals surface area (Å²) in [5, 5.41) is 3.59. The average Bonchev–Trinajstić information content (AvgIpc) is 2.83. The maximum absolute atomic E-state index is 3.59. The van der Waals surface area contributed by atoms with E-state index in [1.165, 1.54) is 51.1 Å². The highest BCUT2D eigenvalue weighted by Crippen LogP contribution is 2.49. The third-order valence-corrected chi connectivity index (χ3v) is 5.31. The monoisotopic (exact) mass is 271 g/mol. The lowest BCUT2D eigenvalue weighted by Crippen LogP contribution is -2.48. The summed E-state index contributed by atoms with van der Waals surface area (Å²) >= 11 is 0. The number of hydrogen-bond donors (Lipinski definition) is 1. The lowest BCUT2D eigenvalue weighted by molar-refractivity contribution is 0.402. The molecule has 3 aliphatic heterocycles. The molecule has 0 bridgehead atoms. The SMILES string of the molecule is CCCCN1CCN2c3c(cccc31)[C@@H]1CNCC[C@@H]12. The van der Waals surface area contributed by atoms with Crippen molar-refractivity contribution < 1.29 is 0 Å². The first-order chi connectivity index (χ1) is 9.90. The standard InChI is InChI=1S/C17H25N3/c1-2-3-9-19-10-11-20-15-7-8-18-12-14(15)13-5-4-6-16(19)17(13)20/h4-6,14-15,18H,2-3,7-12H2,1H3/t14-,15-/m0/s1. The first-order valence-electron chi connectivity index (χ1n) is 8.25. The number of benzene rings is 1. The van der Waals surface area contributed by atoms with E-state index in [4.69, 9.17) is 0 Å². The van der Waals surface area contributed by atoms with E-state index >= 15 is 0 Å². The van der Waals surface area contributed by atoms with Crippen LogP contribution in [0.15, 0.2) is 18.2 Å². The minimum Gasteiger partial charge on any atom is -0.368 e. The third-order valence-electron chi connectivity index (χ3n) is 5.31. The summed E-state index contributed by atoms with van der Waals surface area (Å²) in [7, 11) is 0. The molecule has 0 radical (unpaired) electrons. The van der Waals surface area contributed by atoms with Crippen molar-refractivity contribution in [1.82, 2.24) is 5.32 Å². The Morgan fingerprint density at radius 3 is 3.15 bits per heavy atom. The van der Waals surface area contributed by atoms with Crippen molar-refractivity contribution in [3.8, 4) is 0 Å². The van der Waals surface area contributed by atoms with Gasteiger partial charge in [0.1, 0.15) is 0 Å². The summed E-state index contributed by atoms with van der Waals surface area (Å²) in [6.45, 7) is 8.26. The van der Waals surface area contributed by atoms with Crippen LogP contribution in [-0.4, -0.2) is 38.8 Å². The van der Waals surface area contributed by atoms with Gasteiger partial charge < -0.3 is 15.1 Å². The van der Waals surface area contributed by atoms with Crippen LogP contribution in [0.3, 0.4) is 0 Å². The number of rotatable bonds is 3. The molecule has 3 heterocycles. The van der Waals surface area contributed by atoms with Crippen molar-refractivity contribution in [1.29, 1.82) is 0 Å². The van der Waals surface area contributed by atoms with Gasteiger partial charge in [0.25, 0.3) is 0 Å². The Morgan fingerprint density at radius 1 is 1.30 bits per heavy atom. The number of anilines is 2. The number of unbranched alkanes of at least 4 members (excludes halogenated alkanes) is 1. The van der Waals surface area contributed by atoms with Crippen LogP contribution in [0.2, 0.25) is 0 Å². The molecule has 3 aliphatic rings. The molecule has 4 rings (SSSR count). The van der Waals surface area contributed by atoms with E-state index in [2.05, 4.69) is 40.2 Å². The van der Waals surface area contributed by atoms with Gasteiger partial charge in [-0.15, -0.1) is 0 Å². The van der Waals surface area contributed by atoms with E-state index in [9.17, 15) is 0 Å². The first kappa shape index (κ1) is 12.5. The second kappa shape index (κ2) is 4.96. The van der Waals surface area contributed by atoms with Gasteiger partial charge in [0.15, 0.2) is 0 Å². The molecule has 1 N–H and O–H groups in total. The highest BCUT2D eigenvalue weighted by molar-refractivity contribution is 5.81. The molecule has 1 aromatic carbocycles. The van der Waals surface area contributed by atoms with Crippen molar-refractivity contribution in [3.05, 3.63) is 23.8 Å². The number of fused-ring (bicyclic) bond motifs is 3. The highest BCUT2D eigenvalue weighted by Gasteiger charge is 2.43. The molecule has 0 aromatic heterocycles. The molecule has 108 valence electrons. The molecule has 0 spiro atoms. The fourth-order valence-corrected chi connectivity index (χ4v) is 4.32. The van der Waals surface area contributed by atoms with Gasteiger partial charge in [-0.1, -0.05) is 25.5 Å². The Morgan fingerprint density at radius 2 is 2.25 bits per heavy atom. The van der Waals surface area contributed by atoms with Crippen molar-refractivity contribution >= 4 is 11.4 Å². The Bertz CT molecular complexity index is 499. The lowest BCUT2D eigenvalue weighted by Gasteiger charge is -2.40. The number of nitrogens with one attached hydrogen (secondary N) is 1. The lowest BCUT2D eigenvalue weighted by atomic mass is 9.90. The second-order valence-electron chi connectivity index (χ2n) is 6.42. The Balaban J connectivity index is 1.73. The van der Waals surface area contributed by atoms with Gasteiger partial charge in [-0.25, -0.2) is 0 Å². The van der Waals surface area contributed by atoms with E-state index in [0.717, 1.165) is 12.6 Å². The topological polar surface area (TPSA) is 18.5 Å². The van der Waals surface area contributed by atoms with Crippen LogP contribution in [-0.2, 0) is 0 Å². The zero-order valence-corrected chi connectivity index (χ0v) is 12.4. The van der Waals surface area contributed by atoms with Crippen LogP contribution in [0, 0.1) is 0 Å². The van der Waals surface area contributed by atoms with Crippen molar-refractivity contribution in [2.75, 3.05) is 42.5 Å². The quantitative estimate of drug-likeness (QED) is 0.911. The predicted molar refractivity (Wildman–Crippen MR) is 84.9 cm³/mol. The van der Waals surface area contributed by atoms with Gasteiger partial charge in [-0.3, -0.25) is 0 Å². The normalized spacial score (nSPS) is 27.4. The molecule has 1 fully saturated rings. The zero-order chi connectivity index (χ0) is 13.5. The fraction of sp³-hybridized carbons (Fsp3) is 0.647. The average molecular weight is 271 g/mol. The number of piperidine rings is 1. The zero-order valence-electron chi connectivity index (χ0n) is 12.4. The summed E-state index contributed by atoms with van der Waals surface area (Å²) in [6.07, 6.45) is 3.89. The molecule has 20 heavy (non-hydrogen) atoms. The molecular formula is C17H25N3. The smallest absolute Gasteiger partial charge is 0.0644 e. The van der Waals surface area contributed by atoms with Gasteiger partial charge in [-0.2, -0.15) is 0 Å². The van der Waals surface area contributed by atoms with Crippen LogP contribution >= 0.6 is 0 Å². The predicted octanol–water partition coefficient (Wildman–Crippen LogP) is 2.57. The van der Waals surface area contributed by atoms with Crippen molar-refractivity contribution in [2.24, 2.45) is 0 Å². The summed E-state index contributed by atoms with van der Waals surface area (Å²) in [5.74, 6) is 0.713. The summed E-state index contributed by atoms with van der Waals surface area (Å²) in [4.78, 5) is 5.34. The second-order valence-corrected chi connectivity index (χ2v) is 6.42. The van der Waals surface area contributed by atoms with Gasteiger partial charge in [-0.05, 0) is 31.0 Å². The van der Waals surface area contributed by atoms with Crippen LogP contribution in [0.4, 0.5) is 11.4 Å². The summed E-state index contributed by atoms with van der Waals surface area (Å²) in [5.41, 5.74) is 4.66. The number of hydrogen-bond acceptors (Lipinski definition) is 3. The molecular weight excluding hydrogens is 246 g/mol. The minimum atomic E-state index is 0.713. The van der Waals surface area contributed by atoms with E-state index in [0.29, 0.717) is 5.92 Å².